The van der Waals surface area contributed by atoms with Gasteiger partial charge in [-0.1, -0.05) is 48.2 Å². The van der Waals surface area contributed by atoms with Crippen molar-refractivity contribution in [1.29, 1.82) is 0 Å². The Morgan fingerprint density at radius 3 is 2.81 bits per heavy atom. The van der Waals surface area contributed by atoms with Gasteiger partial charge in [0, 0.05) is 5.69 Å². The zero-order valence-corrected chi connectivity index (χ0v) is 15.6. The fourth-order valence-corrected chi connectivity index (χ4v) is 3.93. The van der Waals surface area contributed by atoms with E-state index in [1.54, 1.807) is 11.3 Å². The molecular formula is C19H16N4OS2. The van der Waals surface area contributed by atoms with Gasteiger partial charge in [0.25, 0.3) is 0 Å². The molecule has 0 bridgehead atoms. The number of hydrogen-bond donors (Lipinski definition) is 2. The molecule has 130 valence electrons. The molecule has 0 fully saturated rings. The van der Waals surface area contributed by atoms with Crippen LogP contribution in [0.25, 0.3) is 21.5 Å². The number of aromatic amines is 1. The second-order valence-corrected chi connectivity index (χ2v) is 8.01. The highest BCUT2D eigenvalue weighted by Crippen LogP contribution is 2.26. The van der Waals surface area contributed by atoms with E-state index in [0.717, 1.165) is 27.2 Å². The second kappa shape index (κ2) is 7.31. The zero-order chi connectivity index (χ0) is 17.9. The van der Waals surface area contributed by atoms with Crippen LogP contribution in [0.4, 0.5) is 5.69 Å². The highest BCUT2D eigenvalue weighted by atomic mass is 32.2. The first-order valence-corrected chi connectivity index (χ1v) is 9.87. The first-order valence-electron chi connectivity index (χ1n) is 8.11. The van der Waals surface area contributed by atoms with Crippen LogP contribution in [0.15, 0.2) is 65.1 Å². The third kappa shape index (κ3) is 3.63. The van der Waals surface area contributed by atoms with Crippen molar-refractivity contribution >= 4 is 45.5 Å². The van der Waals surface area contributed by atoms with E-state index < -0.39 is 0 Å². The van der Waals surface area contributed by atoms with Gasteiger partial charge in [0.05, 0.1) is 10.1 Å². The van der Waals surface area contributed by atoms with Gasteiger partial charge >= 0.3 is 0 Å². The number of nitrogens with zero attached hydrogens (tertiary/aromatic N) is 2. The zero-order valence-electron chi connectivity index (χ0n) is 14.0. The molecule has 2 aromatic carbocycles. The first-order chi connectivity index (χ1) is 12.7. The molecule has 0 spiro atoms. The second-order valence-electron chi connectivity index (χ2n) is 5.76. The van der Waals surface area contributed by atoms with Crippen LogP contribution in [-0.2, 0) is 4.79 Å². The largest absolute Gasteiger partial charge is 0.325 e. The normalized spacial score (nSPS) is 12.2. The Kier molecular flexibility index (Phi) is 4.73. The third-order valence-corrected chi connectivity index (χ3v) is 5.73. The average molecular weight is 380 g/mol. The van der Waals surface area contributed by atoms with Gasteiger partial charge in [-0.15, -0.1) is 16.4 Å². The summed E-state index contributed by atoms with van der Waals surface area (Å²) in [5.41, 5.74) is 0.787. The Bertz CT molecular complexity index is 1040. The maximum absolute atomic E-state index is 12.5. The summed E-state index contributed by atoms with van der Waals surface area (Å²) in [5.74, 6) is 0.650. The van der Waals surface area contributed by atoms with E-state index in [-0.39, 0.29) is 11.2 Å². The van der Waals surface area contributed by atoms with E-state index in [1.165, 1.54) is 11.8 Å². The lowest BCUT2D eigenvalue weighted by atomic mass is 10.1. The third-order valence-electron chi connectivity index (χ3n) is 3.89. The van der Waals surface area contributed by atoms with Crippen LogP contribution >= 0.6 is 23.1 Å². The van der Waals surface area contributed by atoms with Gasteiger partial charge in [0.1, 0.15) is 0 Å². The lowest BCUT2D eigenvalue weighted by molar-refractivity contribution is -0.115. The number of aromatic nitrogens is 3. The molecule has 4 rings (SSSR count). The molecule has 5 nitrogen and oxygen atoms in total. The van der Waals surface area contributed by atoms with Crippen molar-refractivity contribution < 1.29 is 4.79 Å². The van der Waals surface area contributed by atoms with Crippen molar-refractivity contribution in [2.45, 2.75) is 17.3 Å². The number of rotatable bonds is 5. The number of thiophene rings is 1. The Balaban J connectivity index is 1.42. The van der Waals surface area contributed by atoms with E-state index in [4.69, 9.17) is 0 Å². The van der Waals surface area contributed by atoms with Crippen LogP contribution in [0.1, 0.15) is 6.92 Å². The summed E-state index contributed by atoms with van der Waals surface area (Å²) in [6.07, 6.45) is 0. The van der Waals surface area contributed by atoms with Gasteiger partial charge in [-0.25, -0.2) is 4.98 Å². The van der Waals surface area contributed by atoms with Crippen LogP contribution in [0.5, 0.6) is 0 Å². The smallest absolute Gasteiger partial charge is 0.237 e. The summed E-state index contributed by atoms with van der Waals surface area (Å²) in [7, 11) is 0. The maximum Gasteiger partial charge on any atom is 0.237 e. The molecule has 0 aliphatic heterocycles. The molecule has 0 aliphatic carbocycles. The van der Waals surface area contributed by atoms with Crippen molar-refractivity contribution in [2.75, 3.05) is 5.32 Å². The molecule has 26 heavy (non-hydrogen) atoms. The van der Waals surface area contributed by atoms with Crippen molar-refractivity contribution in [1.82, 2.24) is 15.2 Å². The average Bonchev–Trinajstić information content (AvgIpc) is 3.33. The van der Waals surface area contributed by atoms with Crippen molar-refractivity contribution in [3.63, 3.8) is 0 Å². The monoisotopic (exact) mass is 380 g/mol. The van der Waals surface area contributed by atoms with Crippen LogP contribution in [0.2, 0.25) is 0 Å². The molecule has 0 saturated heterocycles. The van der Waals surface area contributed by atoms with Crippen LogP contribution in [0, 0.1) is 0 Å². The predicted octanol–water partition coefficient (Wildman–Crippen LogP) is 4.81. The summed E-state index contributed by atoms with van der Waals surface area (Å²) >= 11 is 2.93. The Hall–Kier alpha value is -2.64. The molecule has 1 unspecified atom stereocenters. The summed E-state index contributed by atoms with van der Waals surface area (Å²) in [6, 6.07) is 17.9. The number of H-pyrrole nitrogens is 1. The van der Waals surface area contributed by atoms with Gasteiger partial charge in [0.15, 0.2) is 5.82 Å². The number of hydrogen-bond acceptors (Lipinski definition) is 5. The quantitative estimate of drug-likeness (QED) is 0.488. The number of carbonyl (C=O) groups is 1. The molecule has 1 amide bonds. The lowest BCUT2D eigenvalue weighted by Gasteiger charge is -2.10. The van der Waals surface area contributed by atoms with Crippen LogP contribution in [0.3, 0.4) is 0 Å². The van der Waals surface area contributed by atoms with E-state index in [2.05, 4.69) is 20.5 Å². The number of nitrogens with one attached hydrogen (secondary N) is 2. The Morgan fingerprint density at radius 2 is 2.00 bits per heavy atom. The predicted molar refractivity (Wildman–Crippen MR) is 108 cm³/mol. The minimum absolute atomic E-state index is 0.0762. The fraction of sp³-hybridized carbons (Fsp3) is 0.105. The van der Waals surface area contributed by atoms with Crippen molar-refractivity contribution in [3.8, 4) is 10.7 Å². The molecule has 2 heterocycles. The number of anilines is 1. The standard InChI is InChI=1S/C19H16N4OS2/c1-12(26-19-21-17(22-23-19)16-7-4-10-25-16)18(24)20-15-9-8-13-5-2-3-6-14(13)11-15/h2-12H,1H3,(H,20,24)(H,21,22,23). The molecule has 7 heteroatoms. The molecule has 0 radical (unpaired) electrons. The highest BCUT2D eigenvalue weighted by molar-refractivity contribution is 8.00. The van der Waals surface area contributed by atoms with E-state index in [1.807, 2.05) is 66.9 Å². The molecule has 2 N–H and O–H groups in total. The van der Waals surface area contributed by atoms with Crippen molar-refractivity contribution in [2.24, 2.45) is 0 Å². The lowest BCUT2D eigenvalue weighted by Crippen LogP contribution is -2.22. The number of benzene rings is 2. The summed E-state index contributed by atoms with van der Waals surface area (Å²) in [5, 5.41) is 14.6. The number of carbonyl (C=O) groups excluding carboxylic acids is 1. The summed E-state index contributed by atoms with van der Waals surface area (Å²) in [6.45, 7) is 1.85. The fourth-order valence-electron chi connectivity index (χ4n) is 2.55. The highest BCUT2D eigenvalue weighted by Gasteiger charge is 2.18. The van der Waals surface area contributed by atoms with Gasteiger partial charge in [0.2, 0.25) is 11.1 Å². The summed E-state index contributed by atoms with van der Waals surface area (Å²) < 4.78 is 0. The Labute approximate surface area is 158 Å². The molecule has 1 atom stereocenters. The van der Waals surface area contributed by atoms with Gasteiger partial charge in [-0.05, 0) is 41.3 Å². The topological polar surface area (TPSA) is 70.7 Å². The number of fused-ring (bicyclic) bond motifs is 1. The van der Waals surface area contributed by atoms with Gasteiger partial charge < -0.3 is 5.32 Å². The summed E-state index contributed by atoms with van der Waals surface area (Å²) in [4.78, 5) is 18.0. The molecular weight excluding hydrogens is 364 g/mol. The minimum Gasteiger partial charge on any atom is -0.325 e. The van der Waals surface area contributed by atoms with E-state index in [0.29, 0.717) is 5.16 Å². The molecule has 0 saturated carbocycles. The maximum atomic E-state index is 12.5. The van der Waals surface area contributed by atoms with Crippen LogP contribution < -0.4 is 5.32 Å². The number of thioether (sulfide) groups is 1. The molecule has 0 aliphatic rings. The number of amides is 1. The molecule has 2 aromatic heterocycles. The van der Waals surface area contributed by atoms with Crippen LogP contribution in [-0.4, -0.2) is 26.3 Å². The first kappa shape index (κ1) is 16.8. The van der Waals surface area contributed by atoms with Gasteiger partial charge in [-0.3, -0.25) is 9.89 Å². The molecule has 4 aromatic rings. The minimum atomic E-state index is -0.312. The SMILES string of the molecule is CC(Sc1n[nH]c(-c2cccs2)n1)C(=O)Nc1ccc2ccccc2c1. The van der Waals surface area contributed by atoms with E-state index in [9.17, 15) is 4.79 Å². The Morgan fingerprint density at radius 1 is 1.15 bits per heavy atom. The van der Waals surface area contributed by atoms with Gasteiger partial charge in [-0.2, -0.15) is 0 Å². The van der Waals surface area contributed by atoms with E-state index >= 15 is 0 Å². The van der Waals surface area contributed by atoms with Crippen molar-refractivity contribution in [3.05, 3.63) is 60.0 Å².